The monoisotopic (exact) mass is 337 g/mol. The zero-order valence-electron chi connectivity index (χ0n) is 13.5. The van der Waals surface area contributed by atoms with E-state index in [1.165, 1.54) is 6.08 Å². The molecule has 0 aromatic heterocycles. The van der Waals surface area contributed by atoms with Crippen molar-refractivity contribution in [3.63, 3.8) is 0 Å². The number of esters is 1. The number of hydrogen-bond acceptors (Lipinski definition) is 5. The van der Waals surface area contributed by atoms with Gasteiger partial charge in [0.05, 0.1) is 18.1 Å². The maximum atomic E-state index is 12.5. The van der Waals surface area contributed by atoms with Gasteiger partial charge in [-0.25, -0.2) is 4.79 Å². The van der Waals surface area contributed by atoms with E-state index in [-0.39, 0.29) is 29.7 Å². The van der Waals surface area contributed by atoms with Crippen LogP contribution >= 0.6 is 11.8 Å². The molecule has 3 rings (SSSR count). The van der Waals surface area contributed by atoms with Gasteiger partial charge in [-0.2, -0.15) is 11.8 Å². The van der Waals surface area contributed by atoms with E-state index in [9.17, 15) is 14.7 Å². The molecule has 5 unspecified atom stereocenters. The van der Waals surface area contributed by atoms with Gasteiger partial charge in [0.1, 0.15) is 12.3 Å². The molecule has 1 aliphatic carbocycles. The van der Waals surface area contributed by atoms with Crippen LogP contribution in [-0.4, -0.2) is 52.1 Å². The maximum Gasteiger partial charge on any atom is 0.355 e. The first-order valence-electron chi connectivity index (χ1n) is 8.08. The molecule has 0 radical (unpaired) electrons. The Morgan fingerprint density at radius 3 is 2.91 bits per heavy atom. The molecule has 2 heterocycles. The number of fused-ring (bicyclic) bond motifs is 3. The first kappa shape index (κ1) is 16.6. The molecule has 126 valence electrons. The Labute approximate surface area is 140 Å². The van der Waals surface area contributed by atoms with Crippen LogP contribution in [0.4, 0.5) is 0 Å². The fraction of sp³-hybridized carbons (Fsp3) is 0.647. The van der Waals surface area contributed by atoms with Crippen LogP contribution in [0.5, 0.6) is 0 Å². The van der Waals surface area contributed by atoms with Gasteiger partial charge in [-0.15, -0.1) is 0 Å². The first-order valence-corrected chi connectivity index (χ1v) is 9.37. The van der Waals surface area contributed by atoms with E-state index in [0.29, 0.717) is 5.70 Å². The van der Waals surface area contributed by atoms with Crippen molar-refractivity contribution in [2.75, 3.05) is 12.9 Å². The zero-order valence-corrected chi connectivity index (χ0v) is 14.3. The number of ether oxygens (including phenoxy) is 1. The topological polar surface area (TPSA) is 66.8 Å². The first-order chi connectivity index (χ1) is 11.0. The molecular formula is C17H23NO4S. The SMILES string of the molecule is C=CCOC(=O)C1=C2C(SC)CCCC2C2C(C(C)O)C(=O)N12. The molecule has 0 aromatic rings. The molecule has 5 atom stereocenters. The summed E-state index contributed by atoms with van der Waals surface area (Å²) in [6.45, 7) is 5.35. The summed E-state index contributed by atoms with van der Waals surface area (Å²) < 4.78 is 5.23. The number of carbonyl (C=O) groups is 2. The van der Waals surface area contributed by atoms with E-state index in [1.807, 2.05) is 6.26 Å². The van der Waals surface area contributed by atoms with Crippen LogP contribution in [0.2, 0.25) is 0 Å². The van der Waals surface area contributed by atoms with Gasteiger partial charge in [0.15, 0.2) is 0 Å². The van der Waals surface area contributed by atoms with Crippen molar-refractivity contribution in [1.29, 1.82) is 0 Å². The van der Waals surface area contributed by atoms with Crippen LogP contribution in [0.15, 0.2) is 23.9 Å². The number of thioether (sulfide) groups is 1. The Bertz CT molecular complexity index is 571. The van der Waals surface area contributed by atoms with Crippen molar-refractivity contribution in [1.82, 2.24) is 4.90 Å². The van der Waals surface area contributed by atoms with Crippen LogP contribution in [-0.2, 0) is 14.3 Å². The minimum atomic E-state index is -0.691. The molecule has 2 aliphatic heterocycles. The number of amides is 1. The number of aliphatic hydroxyl groups is 1. The summed E-state index contributed by atoms with van der Waals surface area (Å²) in [5, 5.41) is 10.2. The van der Waals surface area contributed by atoms with E-state index >= 15 is 0 Å². The van der Waals surface area contributed by atoms with Gasteiger partial charge in [-0.3, -0.25) is 4.79 Å². The molecule has 2 fully saturated rings. The van der Waals surface area contributed by atoms with Crippen molar-refractivity contribution < 1.29 is 19.4 Å². The summed E-state index contributed by atoms with van der Waals surface area (Å²) in [6, 6.07) is -0.0845. The van der Waals surface area contributed by atoms with Gasteiger partial charge in [0.2, 0.25) is 5.91 Å². The fourth-order valence-electron chi connectivity index (χ4n) is 4.27. The van der Waals surface area contributed by atoms with Crippen molar-refractivity contribution in [3.8, 4) is 0 Å². The second-order valence-corrected chi connectivity index (χ2v) is 7.46. The Morgan fingerprint density at radius 1 is 1.57 bits per heavy atom. The van der Waals surface area contributed by atoms with Crippen LogP contribution in [0.1, 0.15) is 26.2 Å². The third-order valence-electron chi connectivity index (χ3n) is 5.17. The summed E-state index contributed by atoms with van der Waals surface area (Å²) in [5.41, 5.74) is 1.49. The average Bonchev–Trinajstić information content (AvgIpc) is 2.82. The summed E-state index contributed by atoms with van der Waals surface area (Å²) >= 11 is 1.72. The number of hydrogen-bond donors (Lipinski definition) is 1. The number of aliphatic hydroxyl groups excluding tert-OH is 1. The lowest BCUT2D eigenvalue weighted by atomic mass is 9.72. The van der Waals surface area contributed by atoms with Gasteiger partial charge < -0.3 is 14.7 Å². The zero-order chi connectivity index (χ0) is 16.7. The van der Waals surface area contributed by atoms with Crippen molar-refractivity contribution in [2.45, 2.75) is 43.6 Å². The summed E-state index contributed by atoms with van der Waals surface area (Å²) in [4.78, 5) is 26.6. The third-order valence-corrected chi connectivity index (χ3v) is 6.23. The molecule has 3 aliphatic rings. The normalized spacial score (nSPS) is 33.7. The molecular weight excluding hydrogens is 314 g/mol. The lowest BCUT2D eigenvalue weighted by molar-refractivity contribution is -0.164. The number of β-lactam (4-membered cyclic amide) rings is 1. The predicted octanol–water partition coefficient (Wildman–Crippen LogP) is 1.72. The third kappa shape index (κ3) is 2.43. The van der Waals surface area contributed by atoms with Gasteiger partial charge in [-0.1, -0.05) is 19.1 Å². The van der Waals surface area contributed by atoms with Crippen molar-refractivity contribution in [3.05, 3.63) is 23.9 Å². The predicted molar refractivity (Wildman–Crippen MR) is 88.6 cm³/mol. The summed E-state index contributed by atoms with van der Waals surface area (Å²) in [7, 11) is 0. The number of nitrogens with zero attached hydrogens (tertiary/aromatic N) is 1. The van der Waals surface area contributed by atoms with Crippen molar-refractivity contribution >= 4 is 23.6 Å². The lowest BCUT2D eigenvalue weighted by Crippen LogP contribution is -2.64. The highest BCUT2D eigenvalue weighted by Gasteiger charge is 2.62. The van der Waals surface area contributed by atoms with Crippen LogP contribution in [0.3, 0.4) is 0 Å². The lowest BCUT2D eigenvalue weighted by Gasteiger charge is -2.47. The molecule has 23 heavy (non-hydrogen) atoms. The Morgan fingerprint density at radius 2 is 2.30 bits per heavy atom. The standard InChI is InChI=1S/C17H23NO4S/c1-4-8-22-17(21)15-13-10(6-5-7-11(13)23-3)14-12(9(2)19)16(20)18(14)15/h4,9-12,14,19H,1,5-8H2,2-3H3. The summed E-state index contributed by atoms with van der Waals surface area (Å²) in [5.74, 6) is -0.826. The molecule has 1 N–H and O–H groups in total. The Hall–Kier alpha value is -1.27. The number of rotatable bonds is 5. The molecule has 1 saturated carbocycles. The molecule has 0 aromatic carbocycles. The smallest absolute Gasteiger partial charge is 0.355 e. The highest BCUT2D eigenvalue weighted by atomic mass is 32.2. The van der Waals surface area contributed by atoms with E-state index in [1.54, 1.807) is 23.6 Å². The van der Waals surface area contributed by atoms with Crippen LogP contribution in [0, 0.1) is 11.8 Å². The molecule has 6 heteroatoms. The molecule has 0 bridgehead atoms. The van der Waals surface area contributed by atoms with Gasteiger partial charge in [-0.05, 0) is 31.6 Å². The highest BCUT2D eigenvalue weighted by molar-refractivity contribution is 7.99. The van der Waals surface area contributed by atoms with Gasteiger partial charge >= 0.3 is 5.97 Å². The second-order valence-electron chi connectivity index (χ2n) is 6.42. The van der Waals surface area contributed by atoms with E-state index < -0.39 is 18.0 Å². The largest absolute Gasteiger partial charge is 0.457 e. The minimum absolute atomic E-state index is 0.0845. The van der Waals surface area contributed by atoms with E-state index in [4.69, 9.17) is 4.74 Å². The molecule has 1 amide bonds. The Balaban J connectivity index is 1.99. The minimum Gasteiger partial charge on any atom is -0.457 e. The highest BCUT2D eigenvalue weighted by Crippen LogP contribution is 2.54. The quantitative estimate of drug-likeness (QED) is 0.470. The fourth-order valence-corrected chi connectivity index (χ4v) is 5.21. The second kappa shape index (κ2) is 6.32. The van der Waals surface area contributed by atoms with Crippen molar-refractivity contribution in [2.24, 2.45) is 11.8 Å². The summed E-state index contributed by atoms with van der Waals surface area (Å²) in [6.07, 6.45) is 5.93. The van der Waals surface area contributed by atoms with E-state index in [2.05, 4.69) is 6.58 Å². The molecule has 0 spiro atoms. The molecule has 5 nitrogen and oxygen atoms in total. The number of carbonyl (C=O) groups excluding carboxylic acids is 2. The van der Waals surface area contributed by atoms with E-state index in [0.717, 1.165) is 24.8 Å². The van der Waals surface area contributed by atoms with Gasteiger partial charge in [0, 0.05) is 11.2 Å². The van der Waals surface area contributed by atoms with Gasteiger partial charge in [0.25, 0.3) is 0 Å². The average molecular weight is 337 g/mol. The maximum absolute atomic E-state index is 12.5. The Kier molecular flexibility index (Phi) is 4.56. The van der Waals surface area contributed by atoms with Crippen LogP contribution < -0.4 is 0 Å². The molecule has 1 saturated heterocycles. The van der Waals surface area contributed by atoms with Crippen LogP contribution in [0.25, 0.3) is 0 Å².